The third-order valence-electron chi connectivity index (χ3n) is 6.69. The van der Waals surface area contributed by atoms with Gasteiger partial charge in [-0.2, -0.15) is 0 Å². The summed E-state index contributed by atoms with van der Waals surface area (Å²) >= 11 is 2.59. The molecule has 2 aromatic carbocycles. The molecule has 0 saturated carbocycles. The number of rotatable bonds is 8. The second-order valence-electron chi connectivity index (χ2n) is 10.9. The van der Waals surface area contributed by atoms with Gasteiger partial charge in [-0.25, -0.2) is 14.6 Å². The summed E-state index contributed by atoms with van der Waals surface area (Å²) in [5.74, 6) is -1.05. The topological polar surface area (TPSA) is 127 Å². The van der Waals surface area contributed by atoms with Crippen molar-refractivity contribution in [2.75, 3.05) is 11.1 Å². The van der Waals surface area contributed by atoms with Gasteiger partial charge in [-0.3, -0.25) is 19.8 Å². The zero-order chi connectivity index (χ0) is 31.4. The highest BCUT2D eigenvalue weighted by Crippen LogP contribution is 2.39. The molecule has 228 valence electrons. The van der Waals surface area contributed by atoms with Gasteiger partial charge in [-0.1, -0.05) is 66.7 Å². The lowest BCUT2D eigenvalue weighted by Crippen LogP contribution is -2.70. The highest BCUT2D eigenvalue weighted by molar-refractivity contribution is 8.00. The van der Waals surface area contributed by atoms with Crippen molar-refractivity contribution in [1.29, 1.82) is 0 Å². The van der Waals surface area contributed by atoms with Crippen LogP contribution in [0.5, 0.6) is 0 Å². The summed E-state index contributed by atoms with van der Waals surface area (Å²) < 4.78 is 11.3. The molecule has 1 aromatic heterocycles. The van der Waals surface area contributed by atoms with Gasteiger partial charge < -0.3 is 14.8 Å². The van der Waals surface area contributed by atoms with Crippen molar-refractivity contribution in [1.82, 2.24) is 15.2 Å². The van der Waals surface area contributed by atoms with E-state index in [1.807, 2.05) is 60.7 Å². The molecule has 5 rings (SSSR count). The first-order valence-electron chi connectivity index (χ1n) is 13.9. The van der Waals surface area contributed by atoms with E-state index in [0.717, 1.165) is 22.5 Å². The van der Waals surface area contributed by atoms with Gasteiger partial charge in [0.2, 0.25) is 0 Å². The molecule has 3 amide bonds. The number of β-lactam (4-membered cyclic amide) rings is 1. The van der Waals surface area contributed by atoms with E-state index in [0.29, 0.717) is 11.4 Å². The number of hydrogen-bond acceptors (Lipinski definition) is 9. The van der Waals surface area contributed by atoms with Crippen molar-refractivity contribution in [3.05, 3.63) is 101 Å². The number of carbonyl (C=O) groups is 4. The zero-order valence-corrected chi connectivity index (χ0v) is 26.2. The average Bonchev–Trinajstić information content (AvgIpc) is 3.45. The largest absolute Gasteiger partial charge is 0.448 e. The number of ether oxygens (including phenoxy) is 2. The van der Waals surface area contributed by atoms with Gasteiger partial charge >= 0.3 is 12.1 Å². The van der Waals surface area contributed by atoms with Crippen molar-refractivity contribution in [3.8, 4) is 0 Å². The summed E-state index contributed by atoms with van der Waals surface area (Å²) in [6.07, 6.45) is 1.96. The lowest BCUT2D eigenvalue weighted by molar-refractivity contribution is -0.154. The van der Waals surface area contributed by atoms with E-state index < -0.39 is 47.0 Å². The normalized spacial score (nSPS) is 18.1. The van der Waals surface area contributed by atoms with E-state index in [1.54, 1.807) is 45.2 Å². The number of thiazole rings is 1. The van der Waals surface area contributed by atoms with Crippen LogP contribution in [0.25, 0.3) is 5.57 Å². The Morgan fingerprint density at radius 2 is 1.68 bits per heavy atom. The van der Waals surface area contributed by atoms with E-state index >= 15 is 0 Å². The Labute approximate surface area is 263 Å². The number of carbonyl (C=O) groups excluding carboxylic acids is 4. The van der Waals surface area contributed by atoms with E-state index in [1.165, 1.54) is 16.7 Å². The van der Waals surface area contributed by atoms with E-state index in [-0.39, 0.29) is 16.4 Å². The molecule has 0 aliphatic carbocycles. The smallest absolute Gasteiger partial charge is 0.413 e. The van der Waals surface area contributed by atoms with Crippen LogP contribution >= 0.6 is 23.1 Å². The molecule has 3 heterocycles. The number of nitrogens with one attached hydrogen (secondary N) is 2. The third kappa shape index (κ3) is 6.87. The first-order chi connectivity index (χ1) is 21.1. The summed E-state index contributed by atoms with van der Waals surface area (Å²) in [6, 6.07) is 18.0. The minimum absolute atomic E-state index is 0.157. The van der Waals surface area contributed by atoms with Crippen molar-refractivity contribution in [2.45, 2.75) is 50.8 Å². The Balaban J connectivity index is 1.24. The zero-order valence-electron chi connectivity index (χ0n) is 24.6. The lowest BCUT2D eigenvalue weighted by atomic mass is 10.0. The summed E-state index contributed by atoms with van der Waals surface area (Å²) in [4.78, 5) is 57.9. The number of esters is 1. The Morgan fingerprint density at radius 3 is 2.27 bits per heavy atom. The van der Waals surface area contributed by atoms with Crippen LogP contribution in [0, 0.1) is 0 Å². The predicted octanol–water partition coefficient (Wildman–Crippen LogP) is 5.51. The number of nitrogens with zero attached hydrogens (tertiary/aromatic N) is 2. The maximum absolute atomic E-state index is 13.5. The van der Waals surface area contributed by atoms with Gasteiger partial charge in [0, 0.05) is 11.1 Å². The second kappa shape index (κ2) is 13.1. The number of hydrogen-bond donors (Lipinski definition) is 2. The molecule has 2 atom stereocenters. The molecule has 2 unspecified atom stereocenters. The molecule has 1 saturated heterocycles. The van der Waals surface area contributed by atoms with Crippen LogP contribution in [0.1, 0.15) is 50.6 Å². The Hall–Kier alpha value is -4.42. The molecule has 12 heteroatoms. The number of thioether (sulfide) groups is 1. The van der Waals surface area contributed by atoms with Crippen molar-refractivity contribution in [2.24, 2.45) is 0 Å². The highest BCUT2D eigenvalue weighted by atomic mass is 32.2. The van der Waals surface area contributed by atoms with E-state index in [9.17, 15) is 19.2 Å². The minimum Gasteiger partial charge on any atom is -0.448 e. The summed E-state index contributed by atoms with van der Waals surface area (Å²) in [5, 5.41) is 6.81. The molecule has 10 nitrogen and oxygen atoms in total. The molecule has 1 fully saturated rings. The van der Waals surface area contributed by atoms with Crippen LogP contribution in [0.2, 0.25) is 0 Å². The van der Waals surface area contributed by atoms with Gasteiger partial charge in [-0.05, 0) is 44.9 Å². The SMILES string of the molecule is C/C=C(\C(=O)NC1C(=O)N2C(C(=O)OC(c3ccccc3)c3ccccc3)=CCSC12)c1csc(NC(=O)OC(C)(C)C)n1. The fourth-order valence-electron chi connectivity index (χ4n) is 4.74. The number of allylic oxidation sites excluding steroid dienone is 1. The van der Waals surface area contributed by atoms with E-state index in [4.69, 9.17) is 9.47 Å². The first kappa shape index (κ1) is 31.0. The first-order valence-corrected chi connectivity index (χ1v) is 15.9. The van der Waals surface area contributed by atoms with Crippen molar-refractivity contribution < 1.29 is 28.7 Å². The fourth-order valence-corrected chi connectivity index (χ4v) is 6.63. The van der Waals surface area contributed by atoms with Gasteiger partial charge in [0.1, 0.15) is 22.7 Å². The molecule has 44 heavy (non-hydrogen) atoms. The Kier molecular flexibility index (Phi) is 9.21. The molecule has 0 spiro atoms. The van der Waals surface area contributed by atoms with Crippen LogP contribution in [-0.4, -0.2) is 56.5 Å². The Bertz CT molecular complexity index is 1570. The quantitative estimate of drug-likeness (QED) is 0.189. The number of aromatic nitrogens is 1. The molecular weight excluding hydrogens is 601 g/mol. The summed E-state index contributed by atoms with van der Waals surface area (Å²) in [5.41, 5.74) is 1.69. The number of amides is 3. The molecule has 2 aliphatic heterocycles. The molecule has 0 bridgehead atoms. The van der Waals surface area contributed by atoms with Crippen LogP contribution in [0.4, 0.5) is 9.93 Å². The lowest BCUT2D eigenvalue weighted by Gasteiger charge is -2.48. The molecule has 3 aromatic rings. The highest BCUT2D eigenvalue weighted by Gasteiger charge is 2.53. The molecule has 2 N–H and O–H groups in total. The maximum atomic E-state index is 13.5. The molecular formula is C32H32N4O6S2. The van der Waals surface area contributed by atoms with Crippen LogP contribution in [0.15, 0.2) is 83.9 Å². The Morgan fingerprint density at radius 1 is 1.05 bits per heavy atom. The van der Waals surface area contributed by atoms with Crippen molar-refractivity contribution >= 4 is 57.7 Å². The number of anilines is 1. The molecule has 0 radical (unpaired) electrons. The van der Waals surface area contributed by atoms with Gasteiger partial charge in [-0.15, -0.1) is 23.1 Å². The minimum atomic E-state index is -0.837. The maximum Gasteiger partial charge on any atom is 0.413 e. The number of benzene rings is 2. The van der Waals surface area contributed by atoms with E-state index in [2.05, 4.69) is 15.6 Å². The number of fused-ring (bicyclic) bond motifs is 1. The third-order valence-corrected chi connectivity index (χ3v) is 8.63. The molecule has 2 aliphatic rings. The summed E-state index contributed by atoms with van der Waals surface area (Å²) in [7, 11) is 0. The summed E-state index contributed by atoms with van der Waals surface area (Å²) in [6.45, 7) is 6.95. The van der Waals surface area contributed by atoms with Crippen LogP contribution in [0.3, 0.4) is 0 Å². The van der Waals surface area contributed by atoms with Gasteiger partial charge in [0.25, 0.3) is 11.8 Å². The van der Waals surface area contributed by atoms with Crippen molar-refractivity contribution in [3.63, 3.8) is 0 Å². The predicted molar refractivity (Wildman–Crippen MR) is 170 cm³/mol. The second-order valence-corrected chi connectivity index (χ2v) is 13.0. The van der Waals surface area contributed by atoms with Crippen LogP contribution in [-0.2, 0) is 23.9 Å². The standard InChI is InChI=1S/C32H32N4O6S2/c1-5-21(22-18-44-30(33-22)35-31(40)42-32(2,3)4)26(37)34-24-27(38)36-23(16-17-43-28(24)36)29(39)41-25(19-12-8-6-9-13-19)20-14-10-7-11-15-20/h5-16,18,24-25,28H,17H2,1-4H3,(H,34,37)(H,33,35,40)/b21-5-. The van der Waals surface area contributed by atoms with Gasteiger partial charge in [0.05, 0.1) is 11.3 Å². The fraction of sp³-hybridized carbons (Fsp3) is 0.281. The van der Waals surface area contributed by atoms with Gasteiger partial charge in [0.15, 0.2) is 11.2 Å². The monoisotopic (exact) mass is 632 g/mol. The van der Waals surface area contributed by atoms with Crippen LogP contribution < -0.4 is 10.6 Å². The average molecular weight is 633 g/mol.